The zero-order chi connectivity index (χ0) is 34.5. The zero-order valence-electron chi connectivity index (χ0n) is 30.0. The molecule has 0 radical (unpaired) electrons. The number of allylic oxidation sites excluding steroid dienone is 1. The van der Waals surface area contributed by atoms with E-state index in [1.54, 1.807) is 6.08 Å². The van der Waals surface area contributed by atoms with Crippen LogP contribution in [0, 0.1) is 0 Å². The molecule has 1 heterocycles. The molecule has 47 heavy (non-hydrogen) atoms. The number of hydrogen-bond donors (Lipinski definition) is 6. The highest BCUT2D eigenvalue weighted by molar-refractivity contribution is 5.76. The highest BCUT2D eigenvalue weighted by atomic mass is 16.7. The molecule has 0 bridgehead atoms. The number of unbranched alkanes of at least 4 members (excludes halogenated alkanes) is 21. The Kier molecular flexibility index (Phi) is 27.9. The standard InChI is InChI=1S/C38H73NO8/c1-3-5-7-9-10-11-12-13-14-15-16-17-18-19-20-21-22-23-24-26-28-34(42)39-31(32(41)27-25-8-6-4-2)30-46-38-37(45)36(44)35(43)33(29-40)47-38/h25,27,31-33,35-38,40-41,43-45H,3-24,26,28-30H2,1-2H3,(H,39,42)/b27-25+. The van der Waals surface area contributed by atoms with Gasteiger partial charge in [0.15, 0.2) is 6.29 Å². The lowest BCUT2D eigenvalue weighted by atomic mass is 9.99. The molecule has 1 fully saturated rings. The van der Waals surface area contributed by atoms with E-state index in [1.165, 1.54) is 109 Å². The molecule has 1 rings (SSSR count). The molecule has 7 atom stereocenters. The van der Waals surface area contributed by atoms with Gasteiger partial charge in [-0.15, -0.1) is 0 Å². The third kappa shape index (κ3) is 21.6. The Labute approximate surface area is 286 Å². The minimum atomic E-state index is -1.56. The van der Waals surface area contributed by atoms with Gasteiger partial charge in [0.25, 0.3) is 0 Å². The Balaban J connectivity index is 2.19. The van der Waals surface area contributed by atoms with Crippen LogP contribution in [0.15, 0.2) is 12.2 Å². The lowest BCUT2D eigenvalue weighted by Gasteiger charge is -2.40. The summed E-state index contributed by atoms with van der Waals surface area (Å²) in [6, 6.07) is -0.794. The summed E-state index contributed by atoms with van der Waals surface area (Å²) in [4.78, 5) is 12.7. The lowest BCUT2D eigenvalue weighted by Crippen LogP contribution is -2.60. The van der Waals surface area contributed by atoms with Crippen LogP contribution in [-0.4, -0.2) is 87.5 Å². The van der Waals surface area contributed by atoms with Gasteiger partial charge in [0.05, 0.1) is 25.4 Å². The monoisotopic (exact) mass is 672 g/mol. The van der Waals surface area contributed by atoms with Gasteiger partial charge in [-0.1, -0.05) is 161 Å². The van der Waals surface area contributed by atoms with Gasteiger partial charge in [0.2, 0.25) is 5.91 Å². The van der Waals surface area contributed by atoms with E-state index in [9.17, 15) is 30.3 Å². The summed E-state index contributed by atoms with van der Waals surface area (Å²) in [6.45, 7) is 3.61. The van der Waals surface area contributed by atoms with Gasteiger partial charge in [-0.25, -0.2) is 0 Å². The fraction of sp³-hybridized carbons (Fsp3) is 0.921. The van der Waals surface area contributed by atoms with Crippen LogP contribution in [0.2, 0.25) is 0 Å². The van der Waals surface area contributed by atoms with Crippen molar-refractivity contribution in [1.82, 2.24) is 5.32 Å². The summed E-state index contributed by atoms with van der Waals surface area (Å²) in [6.07, 6.45) is 24.7. The molecule has 1 saturated heterocycles. The molecule has 0 aromatic carbocycles. The van der Waals surface area contributed by atoms with Gasteiger partial charge in [-0.3, -0.25) is 4.79 Å². The van der Waals surface area contributed by atoms with Gasteiger partial charge in [0, 0.05) is 6.42 Å². The van der Waals surface area contributed by atoms with E-state index in [-0.39, 0.29) is 12.5 Å². The van der Waals surface area contributed by atoms with Crippen LogP contribution in [0.4, 0.5) is 0 Å². The molecule has 7 unspecified atom stereocenters. The molecular weight excluding hydrogens is 598 g/mol. The minimum Gasteiger partial charge on any atom is -0.394 e. The van der Waals surface area contributed by atoms with E-state index < -0.39 is 49.5 Å². The topological polar surface area (TPSA) is 149 Å². The molecule has 6 N–H and O–H groups in total. The number of carbonyl (C=O) groups is 1. The van der Waals surface area contributed by atoms with Crippen molar-refractivity contribution in [3.63, 3.8) is 0 Å². The number of aliphatic hydroxyl groups excluding tert-OH is 5. The van der Waals surface area contributed by atoms with Crippen LogP contribution in [0.1, 0.15) is 168 Å². The van der Waals surface area contributed by atoms with Gasteiger partial charge >= 0.3 is 0 Å². The van der Waals surface area contributed by atoms with Crippen LogP contribution >= 0.6 is 0 Å². The Morgan fingerprint density at radius 1 is 0.702 bits per heavy atom. The van der Waals surface area contributed by atoms with Crippen molar-refractivity contribution in [2.24, 2.45) is 0 Å². The van der Waals surface area contributed by atoms with Crippen molar-refractivity contribution >= 4 is 5.91 Å². The smallest absolute Gasteiger partial charge is 0.220 e. The third-order valence-electron chi connectivity index (χ3n) is 9.36. The number of rotatable bonds is 31. The normalized spacial score (nSPS) is 22.9. The molecule has 0 spiro atoms. The minimum absolute atomic E-state index is 0.184. The molecule has 0 aliphatic carbocycles. The molecule has 278 valence electrons. The predicted octanol–water partition coefficient (Wildman–Crippen LogP) is 6.61. The van der Waals surface area contributed by atoms with E-state index in [4.69, 9.17) is 9.47 Å². The van der Waals surface area contributed by atoms with Gasteiger partial charge in [0.1, 0.15) is 24.4 Å². The van der Waals surface area contributed by atoms with E-state index in [0.29, 0.717) is 6.42 Å². The number of carbonyl (C=O) groups excluding carboxylic acids is 1. The highest BCUT2D eigenvalue weighted by Crippen LogP contribution is 2.22. The van der Waals surface area contributed by atoms with E-state index in [0.717, 1.165) is 38.5 Å². The second-order valence-corrected chi connectivity index (χ2v) is 13.7. The lowest BCUT2D eigenvalue weighted by molar-refractivity contribution is -0.302. The highest BCUT2D eigenvalue weighted by Gasteiger charge is 2.44. The van der Waals surface area contributed by atoms with Crippen molar-refractivity contribution in [3.05, 3.63) is 12.2 Å². The van der Waals surface area contributed by atoms with E-state index in [2.05, 4.69) is 19.2 Å². The molecule has 9 heteroatoms. The Hall–Kier alpha value is -1.07. The predicted molar refractivity (Wildman–Crippen MR) is 189 cm³/mol. The summed E-state index contributed by atoms with van der Waals surface area (Å²) in [5.74, 6) is -0.184. The Morgan fingerprint density at radius 2 is 1.17 bits per heavy atom. The molecule has 0 aromatic heterocycles. The van der Waals surface area contributed by atoms with Crippen molar-refractivity contribution < 1.29 is 39.8 Å². The van der Waals surface area contributed by atoms with Crippen LogP contribution in [0.5, 0.6) is 0 Å². The fourth-order valence-corrected chi connectivity index (χ4v) is 6.14. The zero-order valence-corrected chi connectivity index (χ0v) is 30.0. The van der Waals surface area contributed by atoms with Crippen LogP contribution in [0.25, 0.3) is 0 Å². The van der Waals surface area contributed by atoms with Gasteiger partial charge in [-0.05, 0) is 12.8 Å². The first-order valence-corrected chi connectivity index (χ1v) is 19.4. The third-order valence-corrected chi connectivity index (χ3v) is 9.36. The van der Waals surface area contributed by atoms with Crippen LogP contribution < -0.4 is 5.32 Å². The quantitative estimate of drug-likeness (QED) is 0.0357. The van der Waals surface area contributed by atoms with Gasteiger partial charge < -0.3 is 40.3 Å². The molecule has 0 aromatic rings. The fourth-order valence-electron chi connectivity index (χ4n) is 6.14. The number of aliphatic hydroxyl groups is 5. The number of amides is 1. The molecular formula is C38H73NO8. The summed E-state index contributed by atoms with van der Waals surface area (Å²) < 4.78 is 11.1. The second-order valence-electron chi connectivity index (χ2n) is 13.7. The van der Waals surface area contributed by atoms with Crippen LogP contribution in [0.3, 0.4) is 0 Å². The first-order chi connectivity index (χ1) is 22.8. The maximum absolute atomic E-state index is 12.7. The van der Waals surface area contributed by atoms with E-state index >= 15 is 0 Å². The van der Waals surface area contributed by atoms with Gasteiger partial charge in [-0.2, -0.15) is 0 Å². The van der Waals surface area contributed by atoms with Crippen LogP contribution in [-0.2, 0) is 14.3 Å². The van der Waals surface area contributed by atoms with Crippen molar-refractivity contribution in [1.29, 1.82) is 0 Å². The molecule has 1 aliphatic rings. The Bertz CT molecular complexity index is 751. The average molecular weight is 672 g/mol. The van der Waals surface area contributed by atoms with E-state index in [1.807, 2.05) is 6.08 Å². The summed E-state index contributed by atoms with van der Waals surface area (Å²) in [5, 5.41) is 53.4. The second kappa shape index (κ2) is 29.8. The first-order valence-electron chi connectivity index (χ1n) is 19.4. The van der Waals surface area contributed by atoms with Crippen molar-refractivity contribution in [2.45, 2.75) is 211 Å². The Morgan fingerprint density at radius 3 is 1.64 bits per heavy atom. The van der Waals surface area contributed by atoms with Crippen molar-refractivity contribution in [2.75, 3.05) is 13.2 Å². The number of ether oxygens (including phenoxy) is 2. The van der Waals surface area contributed by atoms with Crippen molar-refractivity contribution in [3.8, 4) is 0 Å². The summed E-state index contributed by atoms with van der Waals surface area (Å²) in [5.41, 5.74) is 0. The molecule has 1 aliphatic heterocycles. The molecule has 1 amide bonds. The molecule has 9 nitrogen and oxygen atoms in total. The maximum Gasteiger partial charge on any atom is 0.220 e. The average Bonchev–Trinajstić information content (AvgIpc) is 3.07. The summed E-state index contributed by atoms with van der Waals surface area (Å²) >= 11 is 0. The number of hydrogen-bond acceptors (Lipinski definition) is 8. The summed E-state index contributed by atoms with van der Waals surface area (Å²) in [7, 11) is 0. The maximum atomic E-state index is 12.7. The molecule has 0 saturated carbocycles. The largest absolute Gasteiger partial charge is 0.394 e. The SMILES string of the molecule is CCCC/C=C/C(O)C(COC1OC(CO)C(O)C(O)C1O)NC(=O)CCCCCCCCCCCCCCCCCCCCCC. The number of nitrogens with one attached hydrogen (secondary N) is 1. The first kappa shape index (κ1) is 44.0.